The number of anilines is 1. The van der Waals surface area contributed by atoms with E-state index >= 15 is 0 Å². The van der Waals surface area contributed by atoms with Gasteiger partial charge in [-0.25, -0.2) is 4.98 Å². The fourth-order valence-corrected chi connectivity index (χ4v) is 4.43. The lowest BCUT2D eigenvalue weighted by atomic mass is 9.94. The maximum Gasteiger partial charge on any atom is 0.156 e. The molecule has 1 aliphatic heterocycles. The van der Waals surface area contributed by atoms with Crippen molar-refractivity contribution in [2.24, 2.45) is 5.92 Å². The first-order valence-corrected chi connectivity index (χ1v) is 7.71. The largest absolute Gasteiger partial charge is 0.369 e. The van der Waals surface area contributed by atoms with Crippen molar-refractivity contribution in [2.45, 2.75) is 31.4 Å². The minimum Gasteiger partial charge on any atom is -0.369 e. The molecule has 0 amide bonds. The number of aromatic nitrogens is 1. The topological polar surface area (TPSA) is 36.4 Å². The Balaban J connectivity index is 1.96. The lowest BCUT2D eigenvalue weighted by molar-refractivity contribution is 0.0187. The molecule has 1 saturated heterocycles. The van der Waals surface area contributed by atoms with Gasteiger partial charge in [0.1, 0.15) is 10.1 Å². The van der Waals surface area contributed by atoms with Crippen LogP contribution in [-0.2, 0) is 0 Å². The molecule has 1 aromatic heterocycles. The van der Waals surface area contributed by atoms with Gasteiger partial charge in [-0.1, -0.05) is 42.9 Å². The number of aliphatic hydroxyl groups is 1. The molecule has 0 aromatic carbocycles. The summed E-state index contributed by atoms with van der Waals surface area (Å²) in [7, 11) is 0. The Labute approximate surface area is 117 Å². The first-order chi connectivity index (χ1) is 8.72. The van der Waals surface area contributed by atoms with Crippen molar-refractivity contribution >= 4 is 34.1 Å². The van der Waals surface area contributed by atoms with Crippen LogP contribution < -0.4 is 4.90 Å². The molecule has 0 spiro atoms. The van der Waals surface area contributed by atoms with Crippen LogP contribution in [0, 0.1) is 5.92 Å². The fourth-order valence-electron chi connectivity index (χ4n) is 2.92. The van der Waals surface area contributed by atoms with Gasteiger partial charge in [-0.15, -0.1) is 0 Å². The lowest BCUT2D eigenvalue weighted by Crippen LogP contribution is -2.52. The quantitative estimate of drug-likeness (QED) is 0.843. The number of thioether (sulfide) groups is 1. The van der Waals surface area contributed by atoms with Gasteiger partial charge in [0, 0.05) is 17.9 Å². The third-order valence-corrected chi connectivity index (χ3v) is 5.40. The molecule has 1 N–H and O–H groups in total. The monoisotopic (exact) mass is 280 g/mol. The number of thiocarbonyl (C=S) groups is 1. The minimum absolute atomic E-state index is 0.312. The second kappa shape index (κ2) is 4.79. The number of pyridine rings is 1. The molecule has 0 bridgehead atoms. The highest BCUT2D eigenvalue weighted by Gasteiger charge is 2.50. The van der Waals surface area contributed by atoms with Crippen LogP contribution in [0.25, 0.3) is 0 Å². The van der Waals surface area contributed by atoms with Crippen LogP contribution in [-0.4, -0.2) is 25.9 Å². The van der Waals surface area contributed by atoms with Gasteiger partial charge in [0.05, 0.1) is 0 Å². The van der Waals surface area contributed by atoms with Crippen molar-refractivity contribution in [1.82, 2.24) is 4.98 Å². The first-order valence-electron chi connectivity index (χ1n) is 6.32. The SMILES string of the molecule is OC1(C2CCCC2)CSC(=S)N1c1ccccn1. The Bertz CT molecular complexity index is 448. The Morgan fingerprint density at radius 1 is 1.39 bits per heavy atom. The summed E-state index contributed by atoms with van der Waals surface area (Å²) >= 11 is 6.96. The highest BCUT2D eigenvalue weighted by Crippen LogP contribution is 2.45. The van der Waals surface area contributed by atoms with Crippen molar-refractivity contribution < 1.29 is 5.11 Å². The average Bonchev–Trinajstić information content (AvgIpc) is 3.00. The summed E-state index contributed by atoms with van der Waals surface area (Å²) in [6.45, 7) is 0. The van der Waals surface area contributed by atoms with E-state index in [1.807, 2.05) is 23.1 Å². The molecule has 18 heavy (non-hydrogen) atoms. The molecule has 2 fully saturated rings. The van der Waals surface area contributed by atoms with Crippen LogP contribution in [0.2, 0.25) is 0 Å². The molecule has 1 atom stereocenters. The summed E-state index contributed by atoms with van der Waals surface area (Å²) in [5.41, 5.74) is -0.841. The van der Waals surface area contributed by atoms with Gasteiger partial charge in [0.2, 0.25) is 0 Å². The zero-order chi connectivity index (χ0) is 12.6. The number of hydrogen-bond acceptors (Lipinski definition) is 4. The molecule has 1 saturated carbocycles. The molecule has 3 rings (SSSR count). The van der Waals surface area contributed by atoms with Gasteiger partial charge in [-0.3, -0.25) is 4.90 Å². The second-order valence-corrected chi connectivity index (χ2v) is 6.55. The highest BCUT2D eigenvalue weighted by molar-refractivity contribution is 8.23. The molecule has 96 valence electrons. The minimum atomic E-state index is -0.841. The predicted octanol–water partition coefficient (Wildman–Crippen LogP) is 2.80. The normalized spacial score (nSPS) is 29.2. The molecular weight excluding hydrogens is 264 g/mol. The summed E-state index contributed by atoms with van der Waals surface area (Å²) in [4.78, 5) is 6.21. The van der Waals surface area contributed by atoms with E-state index in [0.29, 0.717) is 11.7 Å². The van der Waals surface area contributed by atoms with Crippen LogP contribution in [0.3, 0.4) is 0 Å². The van der Waals surface area contributed by atoms with Crippen LogP contribution in [0.1, 0.15) is 25.7 Å². The maximum absolute atomic E-state index is 11.1. The van der Waals surface area contributed by atoms with Gasteiger partial charge in [-0.2, -0.15) is 0 Å². The Morgan fingerprint density at radius 3 is 2.83 bits per heavy atom. The first kappa shape index (κ1) is 12.4. The number of hydrogen-bond donors (Lipinski definition) is 1. The third kappa shape index (κ3) is 1.94. The molecule has 2 aliphatic rings. The van der Waals surface area contributed by atoms with Crippen molar-refractivity contribution in [3.8, 4) is 0 Å². The van der Waals surface area contributed by atoms with E-state index in [-0.39, 0.29) is 0 Å². The molecule has 0 radical (unpaired) electrons. The van der Waals surface area contributed by atoms with Gasteiger partial charge in [0.15, 0.2) is 5.72 Å². The molecule has 1 unspecified atom stereocenters. The highest BCUT2D eigenvalue weighted by atomic mass is 32.2. The maximum atomic E-state index is 11.1. The van der Waals surface area contributed by atoms with Crippen molar-refractivity contribution in [3.63, 3.8) is 0 Å². The van der Waals surface area contributed by atoms with E-state index in [2.05, 4.69) is 4.98 Å². The van der Waals surface area contributed by atoms with Crippen LogP contribution >= 0.6 is 24.0 Å². The lowest BCUT2D eigenvalue weighted by Gasteiger charge is -2.37. The Kier molecular flexibility index (Phi) is 3.30. The van der Waals surface area contributed by atoms with E-state index in [4.69, 9.17) is 12.2 Å². The van der Waals surface area contributed by atoms with Crippen LogP contribution in [0.4, 0.5) is 5.82 Å². The van der Waals surface area contributed by atoms with Gasteiger partial charge < -0.3 is 5.11 Å². The summed E-state index contributed by atoms with van der Waals surface area (Å²) in [5, 5.41) is 11.1. The van der Waals surface area contributed by atoms with Gasteiger partial charge in [0.25, 0.3) is 0 Å². The standard InChI is InChI=1S/C13H16N2OS2/c16-13(10-5-1-2-6-10)9-18-12(17)15(13)11-7-3-4-8-14-11/h3-4,7-8,10,16H,1-2,5-6,9H2. The molecule has 2 heterocycles. The second-order valence-electron chi connectivity index (χ2n) is 4.94. The zero-order valence-electron chi connectivity index (χ0n) is 10.1. The predicted molar refractivity (Wildman–Crippen MR) is 78.7 cm³/mol. The third-order valence-electron chi connectivity index (χ3n) is 3.87. The van der Waals surface area contributed by atoms with E-state index < -0.39 is 5.72 Å². The van der Waals surface area contributed by atoms with Crippen molar-refractivity contribution in [2.75, 3.05) is 10.7 Å². The summed E-state index contributed by atoms with van der Waals surface area (Å²) in [6.07, 6.45) is 6.34. The summed E-state index contributed by atoms with van der Waals surface area (Å²) in [5.74, 6) is 1.74. The fraction of sp³-hybridized carbons (Fsp3) is 0.538. The van der Waals surface area contributed by atoms with Crippen molar-refractivity contribution in [1.29, 1.82) is 0 Å². The van der Waals surface area contributed by atoms with Gasteiger partial charge >= 0.3 is 0 Å². The van der Waals surface area contributed by atoms with E-state index in [1.54, 1.807) is 18.0 Å². The Morgan fingerprint density at radius 2 is 2.17 bits per heavy atom. The molecule has 1 aliphatic carbocycles. The number of nitrogens with zero attached hydrogens (tertiary/aromatic N) is 2. The van der Waals surface area contributed by atoms with Gasteiger partial charge in [-0.05, 0) is 25.0 Å². The molecule has 5 heteroatoms. The van der Waals surface area contributed by atoms with Crippen molar-refractivity contribution in [3.05, 3.63) is 24.4 Å². The van der Waals surface area contributed by atoms with Crippen LogP contribution in [0.5, 0.6) is 0 Å². The molecule has 1 aromatic rings. The Hall–Kier alpha value is -0.650. The van der Waals surface area contributed by atoms with E-state index in [9.17, 15) is 5.11 Å². The van der Waals surface area contributed by atoms with Crippen LogP contribution in [0.15, 0.2) is 24.4 Å². The smallest absolute Gasteiger partial charge is 0.156 e. The summed E-state index contributed by atoms with van der Waals surface area (Å²) < 4.78 is 0.739. The number of rotatable bonds is 2. The van der Waals surface area contributed by atoms with E-state index in [1.165, 1.54) is 12.8 Å². The zero-order valence-corrected chi connectivity index (χ0v) is 11.7. The average molecular weight is 280 g/mol. The summed E-state index contributed by atoms with van der Waals surface area (Å²) in [6, 6.07) is 5.73. The molecular formula is C13H16N2OS2. The molecule has 3 nitrogen and oxygen atoms in total. The van der Waals surface area contributed by atoms with E-state index in [0.717, 1.165) is 23.0 Å².